The molecule has 0 aliphatic heterocycles. The molecule has 0 unspecified atom stereocenters. The van der Waals surface area contributed by atoms with E-state index in [4.69, 9.17) is 10.5 Å². The van der Waals surface area contributed by atoms with Gasteiger partial charge in [0.15, 0.2) is 5.82 Å². The summed E-state index contributed by atoms with van der Waals surface area (Å²) in [5, 5.41) is 4.17. The molecule has 5 heteroatoms. The number of nitrogens with zero attached hydrogens (tertiary/aromatic N) is 3. The maximum absolute atomic E-state index is 5.75. The number of rotatable bonds is 4. The van der Waals surface area contributed by atoms with Crippen molar-refractivity contribution in [3.63, 3.8) is 0 Å². The number of aromatic nitrogens is 3. The summed E-state index contributed by atoms with van der Waals surface area (Å²) in [5.41, 5.74) is 7.49. The number of hydrogen-bond acceptors (Lipinski definition) is 4. The summed E-state index contributed by atoms with van der Waals surface area (Å²) >= 11 is 0. The number of nitrogens with two attached hydrogens (primary N) is 1. The maximum atomic E-state index is 5.75. The van der Waals surface area contributed by atoms with Gasteiger partial charge in [0.05, 0.1) is 0 Å². The Hall–Kier alpha value is -2.04. The van der Waals surface area contributed by atoms with Crippen molar-refractivity contribution in [2.24, 2.45) is 0 Å². The fraction of sp³-hybridized carbons (Fsp3) is 0.385. The zero-order chi connectivity index (χ0) is 13.1. The SMILES string of the molecule is Cc1ccc(N)cc1OCc1ncnn1C(C)C. The molecule has 1 aromatic heterocycles. The molecule has 2 N–H and O–H groups in total. The van der Waals surface area contributed by atoms with E-state index in [1.807, 2.05) is 29.8 Å². The van der Waals surface area contributed by atoms with Crippen LogP contribution in [0.5, 0.6) is 5.75 Å². The van der Waals surface area contributed by atoms with Gasteiger partial charge in [0.2, 0.25) is 0 Å². The maximum Gasteiger partial charge on any atom is 0.165 e. The highest BCUT2D eigenvalue weighted by Crippen LogP contribution is 2.21. The van der Waals surface area contributed by atoms with Crippen LogP contribution in [0, 0.1) is 6.92 Å². The molecule has 0 aliphatic rings. The number of aryl methyl sites for hydroxylation is 1. The first-order valence-electron chi connectivity index (χ1n) is 5.95. The van der Waals surface area contributed by atoms with Gasteiger partial charge in [0.1, 0.15) is 18.7 Å². The number of hydrogen-bond donors (Lipinski definition) is 1. The standard InChI is InChI=1S/C13H18N4O/c1-9(2)17-13(15-8-16-17)7-18-12-6-11(14)5-4-10(12)3/h4-6,8-9H,7,14H2,1-3H3. The van der Waals surface area contributed by atoms with Crippen LogP contribution >= 0.6 is 0 Å². The van der Waals surface area contributed by atoms with E-state index in [0.717, 1.165) is 17.1 Å². The van der Waals surface area contributed by atoms with Gasteiger partial charge in [-0.3, -0.25) is 0 Å². The van der Waals surface area contributed by atoms with Crippen molar-refractivity contribution in [3.05, 3.63) is 35.9 Å². The van der Waals surface area contributed by atoms with Gasteiger partial charge in [0, 0.05) is 17.8 Å². The predicted octanol–water partition coefficient (Wildman–Crippen LogP) is 2.33. The zero-order valence-electron chi connectivity index (χ0n) is 10.9. The molecular weight excluding hydrogens is 228 g/mol. The van der Waals surface area contributed by atoms with E-state index in [0.29, 0.717) is 12.3 Å². The lowest BCUT2D eigenvalue weighted by molar-refractivity contribution is 0.281. The van der Waals surface area contributed by atoms with Gasteiger partial charge in [0.25, 0.3) is 0 Å². The molecule has 1 heterocycles. The Kier molecular flexibility index (Phi) is 3.50. The largest absolute Gasteiger partial charge is 0.485 e. The van der Waals surface area contributed by atoms with E-state index < -0.39 is 0 Å². The second kappa shape index (κ2) is 5.08. The molecule has 0 bridgehead atoms. The minimum absolute atomic E-state index is 0.271. The van der Waals surface area contributed by atoms with E-state index >= 15 is 0 Å². The Bertz CT molecular complexity index is 534. The molecule has 2 rings (SSSR count). The van der Waals surface area contributed by atoms with Crippen molar-refractivity contribution in [1.82, 2.24) is 14.8 Å². The molecule has 18 heavy (non-hydrogen) atoms. The number of ether oxygens (including phenoxy) is 1. The van der Waals surface area contributed by atoms with Crippen LogP contribution in [0.2, 0.25) is 0 Å². The molecule has 5 nitrogen and oxygen atoms in total. The molecule has 0 saturated heterocycles. The average molecular weight is 246 g/mol. The quantitative estimate of drug-likeness (QED) is 0.841. The molecule has 0 amide bonds. The van der Waals surface area contributed by atoms with Crippen LogP contribution in [0.3, 0.4) is 0 Å². The highest BCUT2D eigenvalue weighted by atomic mass is 16.5. The van der Waals surface area contributed by atoms with Gasteiger partial charge in [-0.2, -0.15) is 5.10 Å². The number of benzene rings is 1. The van der Waals surface area contributed by atoms with Gasteiger partial charge in [-0.05, 0) is 32.4 Å². The molecule has 2 aromatic rings. The van der Waals surface area contributed by atoms with Crippen molar-refractivity contribution in [1.29, 1.82) is 0 Å². The molecule has 96 valence electrons. The van der Waals surface area contributed by atoms with Crippen molar-refractivity contribution >= 4 is 5.69 Å². The second-order valence-electron chi connectivity index (χ2n) is 4.53. The van der Waals surface area contributed by atoms with Crippen molar-refractivity contribution in [3.8, 4) is 5.75 Å². The third-order valence-electron chi connectivity index (χ3n) is 2.71. The van der Waals surface area contributed by atoms with Crippen LogP contribution in [-0.4, -0.2) is 14.8 Å². The molecule has 0 radical (unpaired) electrons. The fourth-order valence-corrected chi connectivity index (χ4v) is 1.72. The first kappa shape index (κ1) is 12.4. The van der Waals surface area contributed by atoms with Gasteiger partial charge in [-0.25, -0.2) is 9.67 Å². The molecule has 0 spiro atoms. The molecular formula is C13H18N4O. The zero-order valence-corrected chi connectivity index (χ0v) is 10.9. The Labute approximate surface area is 107 Å². The van der Waals surface area contributed by atoms with Crippen LogP contribution in [0.4, 0.5) is 5.69 Å². The number of nitrogen functional groups attached to an aromatic ring is 1. The highest BCUT2D eigenvalue weighted by molar-refractivity contribution is 5.47. The number of anilines is 1. The first-order valence-corrected chi connectivity index (χ1v) is 5.95. The molecule has 0 saturated carbocycles. The Morgan fingerprint density at radius 1 is 1.39 bits per heavy atom. The van der Waals surface area contributed by atoms with E-state index in [-0.39, 0.29) is 6.04 Å². The highest BCUT2D eigenvalue weighted by Gasteiger charge is 2.09. The third-order valence-corrected chi connectivity index (χ3v) is 2.71. The van der Waals surface area contributed by atoms with Gasteiger partial charge in [-0.15, -0.1) is 0 Å². The lowest BCUT2D eigenvalue weighted by atomic mass is 10.2. The van der Waals surface area contributed by atoms with Crippen LogP contribution in [0.15, 0.2) is 24.5 Å². The lowest BCUT2D eigenvalue weighted by Gasteiger charge is -2.12. The minimum Gasteiger partial charge on any atom is -0.485 e. The van der Waals surface area contributed by atoms with Crippen LogP contribution in [0.1, 0.15) is 31.3 Å². The monoisotopic (exact) mass is 246 g/mol. The molecule has 0 aliphatic carbocycles. The lowest BCUT2D eigenvalue weighted by Crippen LogP contribution is -2.11. The van der Waals surface area contributed by atoms with Crippen LogP contribution in [-0.2, 0) is 6.61 Å². The summed E-state index contributed by atoms with van der Waals surface area (Å²) in [4.78, 5) is 4.20. The van der Waals surface area contributed by atoms with Crippen LogP contribution < -0.4 is 10.5 Å². The van der Waals surface area contributed by atoms with Crippen molar-refractivity contribution in [2.45, 2.75) is 33.4 Å². The molecule has 1 aromatic carbocycles. The summed E-state index contributed by atoms with van der Waals surface area (Å²) < 4.78 is 7.60. The second-order valence-corrected chi connectivity index (χ2v) is 4.53. The minimum atomic E-state index is 0.271. The van der Waals surface area contributed by atoms with E-state index in [2.05, 4.69) is 23.9 Å². The van der Waals surface area contributed by atoms with Gasteiger partial charge in [-0.1, -0.05) is 6.07 Å². The topological polar surface area (TPSA) is 66.0 Å². The summed E-state index contributed by atoms with van der Waals surface area (Å²) in [6, 6.07) is 5.90. The van der Waals surface area contributed by atoms with Crippen LogP contribution in [0.25, 0.3) is 0 Å². The Balaban J connectivity index is 2.11. The van der Waals surface area contributed by atoms with E-state index in [1.165, 1.54) is 0 Å². The Morgan fingerprint density at radius 2 is 2.17 bits per heavy atom. The summed E-state index contributed by atoms with van der Waals surface area (Å²) in [6.45, 7) is 6.50. The molecule has 0 atom stereocenters. The van der Waals surface area contributed by atoms with E-state index in [9.17, 15) is 0 Å². The molecule has 0 fully saturated rings. The third kappa shape index (κ3) is 2.61. The normalized spacial score (nSPS) is 10.9. The average Bonchev–Trinajstić information content (AvgIpc) is 2.79. The fourth-order valence-electron chi connectivity index (χ4n) is 1.72. The van der Waals surface area contributed by atoms with Crippen molar-refractivity contribution < 1.29 is 4.74 Å². The summed E-state index contributed by atoms with van der Waals surface area (Å²) in [6.07, 6.45) is 1.55. The summed E-state index contributed by atoms with van der Waals surface area (Å²) in [5.74, 6) is 1.60. The smallest absolute Gasteiger partial charge is 0.165 e. The van der Waals surface area contributed by atoms with Gasteiger partial charge < -0.3 is 10.5 Å². The predicted molar refractivity (Wildman–Crippen MR) is 70.3 cm³/mol. The van der Waals surface area contributed by atoms with Crippen molar-refractivity contribution in [2.75, 3.05) is 5.73 Å². The summed E-state index contributed by atoms with van der Waals surface area (Å²) in [7, 11) is 0. The van der Waals surface area contributed by atoms with E-state index in [1.54, 1.807) is 6.33 Å². The van der Waals surface area contributed by atoms with Gasteiger partial charge >= 0.3 is 0 Å². The Morgan fingerprint density at radius 3 is 2.89 bits per heavy atom. The first-order chi connectivity index (χ1) is 8.58.